The second kappa shape index (κ2) is 30.5. The van der Waals surface area contributed by atoms with Crippen molar-refractivity contribution < 1.29 is 20.1 Å². The minimum atomic E-state index is -0.304. The number of aliphatic hydroxyl groups excluding tert-OH is 3. The van der Waals surface area contributed by atoms with Gasteiger partial charge in [0.25, 0.3) is 0 Å². The monoisotopic (exact) mass is 935 g/mol. The highest BCUT2D eigenvalue weighted by atomic mass is 16.6. The van der Waals surface area contributed by atoms with Crippen LogP contribution in [-0.4, -0.2) is 112 Å². The highest BCUT2D eigenvalue weighted by Crippen LogP contribution is 2.31. The fourth-order valence-electron chi connectivity index (χ4n) is 8.95. The summed E-state index contributed by atoms with van der Waals surface area (Å²) in [5.74, 6) is 0. The number of β-amino-alcohol motifs (C(OH)–C–C–N with tert-alkyl or cyclic N) is 1. The summed E-state index contributed by atoms with van der Waals surface area (Å²) in [6.45, 7) is 13.1. The molecule has 6 aromatic carbocycles. The van der Waals surface area contributed by atoms with Gasteiger partial charge >= 0.3 is 0 Å². The topological polar surface area (TPSA) is 133 Å². The summed E-state index contributed by atoms with van der Waals surface area (Å²) in [7, 11) is 0. The van der Waals surface area contributed by atoms with Crippen LogP contribution in [0, 0.1) is 0 Å². The number of aliphatic hydroxyl groups is 3. The van der Waals surface area contributed by atoms with Gasteiger partial charge in [-0.25, -0.2) is 0 Å². The smallest absolute Gasteiger partial charge is 0.0969 e. The van der Waals surface area contributed by atoms with E-state index in [1.165, 1.54) is 46.3 Å². The molecular weight excluding hydrogens is 857 g/mol. The molecule has 69 heavy (non-hydrogen) atoms. The lowest BCUT2D eigenvalue weighted by molar-refractivity contribution is 0.0365. The van der Waals surface area contributed by atoms with E-state index in [0.29, 0.717) is 18.8 Å². The Labute approximate surface area is 412 Å². The SMILES string of the molecule is CCO.NCc1ccccc1.O[C@H]1CCN(Cc2ccccc2)C[C@@H]1NCc1ccccc1.O[C@H]1CN(Cc2ccccc2)CC[C@@H]1NCc1ccccc1.c1ccc(CN2CCC3OC3C2)cc1. The number of fused-ring (bicyclic) bond motifs is 1. The lowest BCUT2D eigenvalue weighted by Gasteiger charge is -2.36. The maximum Gasteiger partial charge on any atom is 0.0969 e. The zero-order chi connectivity index (χ0) is 48.3. The van der Waals surface area contributed by atoms with Crippen molar-refractivity contribution in [1.29, 1.82) is 0 Å². The zero-order valence-corrected chi connectivity index (χ0v) is 40.8. The Morgan fingerprint density at radius 1 is 0.449 bits per heavy atom. The minimum Gasteiger partial charge on any atom is -0.397 e. The molecule has 0 saturated carbocycles. The van der Waals surface area contributed by atoms with Crippen LogP contribution in [0.4, 0.5) is 0 Å². The number of epoxide rings is 1. The number of benzene rings is 6. The average Bonchev–Trinajstić information content (AvgIpc) is 4.18. The number of likely N-dealkylation sites (tertiary alicyclic amines) is 3. The molecule has 0 amide bonds. The van der Waals surface area contributed by atoms with E-state index in [4.69, 9.17) is 15.6 Å². The fraction of sp³-hybridized carbons (Fsp3) is 0.390. The molecule has 0 aromatic heterocycles. The van der Waals surface area contributed by atoms with Gasteiger partial charge in [-0.15, -0.1) is 0 Å². The van der Waals surface area contributed by atoms with Crippen LogP contribution in [0.1, 0.15) is 59.6 Å². The molecule has 368 valence electrons. The number of ether oxygens (including phenoxy) is 1. The highest BCUT2D eigenvalue weighted by Gasteiger charge is 2.43. The summed E-state index contributed by atoms with van der Waals surface area (Å²) < 4.78 is 5.50. The van der Waals surface area contributed by atoms with Crippen LogP contribution in [0.25, 0.3) is 0 Å². The van der Waals surface area contributed by atoms with E-state index in [1.807, 2.05) is 54.6 Å². The van der Waals surface area contributed by atoms with Gasteiger partial charge in [-0.1, -0.05) is 182 Å². The van der Waals surface area contributed by atoms with Crippen LogP contribution < -0.4 is 16.4 Å². The Bertz CT molecular complexity index is 2200. The van der Waals surface area contributed by atoms with Crippen molar-refractivity contribution in [1.82, 2.24) is 25.3 Å². The third-order valence-corrected chi connectivity index (χ3v) is 12.8. The van der Waals surface area contributed by atoms with Gasteiger partial charge in [-0.2, -0.15) is 0 Å². The molecule has 4 aliphatic heterocycles. The van der Waals surface area contributed by atoms with Crippen molar-refractivity contribution in [2.75, 3.05) is 45.9 Å². The van der Waals surface area contributed by atoms with Gasteiger partial charge in [0.05, 0.1) is 24.4 Å². The molecule has 6 aromatic rings. The van der Waals surface area contributed by atoms with Gasteiger partial charge in [0.15, 0.2) is 0 Å². The standard InChI is InChI=1S/2C19H24N2O.C12H15NO.C7H9N.C2H6O/c22-19-11-12-21(14-17-9-5-2-6-10-17)15-18(19)20-13-16-7-3-1-4-8-16;22-19-15-21(14-17-9-5-2-6-10-17)12-11-18(19)20-13-16-7-3-1-4-8-16;1-2-4-10(5-3-1)8-13-7-6-11-12(9-13)14-11;8-6-7-4-2-1-3-5-7;1-2-3/h2*1-10,18-20,22H,11-15H2;1-5,11-12H,6-9H2;1-5H,6,8H2;3H,2H2,1H3/t2*18-,19-;;;/m00.../s1. The molecule has 0 spiro atoms. The Kier molecular flexibility index (Phi) is 23.6. The Hall–Kier alpha value is -5.08. The maximum absolute atomic E-state index is 10.4. The first-order chi connectivity index (χ1) is 33.9. The number of piperidine rings is 3. The normalized spacial score (nSPS) is 22.0. The molecule has 0 aliphatic carbocycles. The van der Waals surface area contributed by atoms with Crippen molar-refractivity contribution >= 4 is 0 Å². The van der Waals surface area contributed by atoms with E-state index in [1.54, 1.807) is 6.92 Å². The molecule has 4 aliphatic rings. The highest BCUT2D eigenvalue weighted by molar-refractivity contribution is 5.19. The second-order valence-corrected chi connectivity index (χ2v) is 18.3. The summed E-state index contributed by atoms with van der Waals surface area (Å²) in [6, 6.07) is 62.7. The Balaban J connectivity index is 0.000000156. The summed E-state index contributed by atoms with van der Waals surface area (Å²) in [5, 5.41) is 35.2. The van der Waals surface area contributed by atoms with E-state index in [9.17, 15) is 10.2 Å². The van der Waals surface area contributed by atoms with Gasteiger partial charge in [0, 0.05) is 97.2 Å². The number of nitrogens with two attached hydrogens (primary N) is 1. The van der Waals surface area contributed by atoms with Crippen LogP contribution in [0.3, 0.4) is 0 Å². The molecule has 7 N–H and O–H groups in total. The van der Waals surface area contributed by atoms with E-state index < -0.39 is 0 Å². The fourth-order valence-corrected chi connectivity index (χ4v) is 8.95. The average molecular weight is 935 g/mol. The number of nitrogens with one attached hydrogen (secondary N) is 2. The van der Waals surface area contributed by atoms with Crippen molar-refractivity contribution in [3.63, 3.8) is 0 Å². The molecule has 10 nitrogen and oxygen atoms in total. The zero-order valence-electron chi connectivity index (χ0n) is 40.8. The number of nitrogens with zero attached hydrogens (tertiary/aromatic N) is 3. The second-order valence-electron chi connectivity index (χ2n) is 18.3. The quantitative estimate of drug-likeness (QED) is 0.0643. The number of rotatable bonds is 13. The molecule has 10 heteroatoms. The summed E-state index contributed by atoms with van der Waals surface area (Å²) >= 11 is 0. The third kappa shape index (κ3) is 20.0. The van der Waals surface area contributed by atoms with Gasteiger partial charge < -0.3 is 36.4 Å². The van der Waals surface area contributed by atoms with Crippen LogP contribution in [0.2, 0.25) is 0 Å². The predicted octanol–water partition coefficient (Wildman–Crippen LogP) is 7.63. The molecular formula is C59H78N6O4. The molecule has 10 rings (SSSR count). The maximum atomic E-state index is 10.4. The Morgan fingerprint density at radius 3 is 1.22 bits per heavy atom. The Morgan fingerprint density at radius 2 is 0.812 bits per heavy atom. The third-order valence-electron chi connectivity index (χ3n) is 12.8. The first-order valence-electron chi connectivity index (χ1n) is 25.1. The van der Waals surface area contributed by atoms with Crippen molar-refractivity contribution in [3.8, 4) is 0 Å². The van der Waals surface area contributed by atoms with Crippen LogP contribution in [0.5, 0.6) is 0 Å². The first kappa shape index (κ1) is 53.3. The molecule has 4 fully saturated rings. The van der Waals surface area contributed by atoms with Crippen molar-refractivity contribution in [3.05, 3.63) is 215 Å². The van der Waals surface area contributed by atoms with Crippen LogP contribution in [-0.2, 0) is 44.0 Å². The lowest BCUT2D eigenvalue weighted by Crippen LogP contribution is -2.53. The number of hydrogen-bond acceptors (Lipinski definition) is 10. The molecule has 6 atom stereocenters. The van der Waals surface area contributed by atoms with Crippen molar-refractivity contribution in [2.45, 2.75) is 102 Å². The largest absolute Gasteiger partial charge is 0.397 e. The van der Waals surface area contributed by atoms with E-state index in [2.05, 4.69) is 153 Å². The van der Waals surface area contributed by atoms with Gasteiger partial charge in [0.2, 0.25) is 0 Å². The van der Waals surface area contributed by atoms with E-state index >= 15 is 0 Å². The van der Waals surface area contributed by atoms with E-state index in [0.717, 1.165) is 78.3 Å². The molecule has 2 unspecified atom stereocenters. The molecule has 0 radical (unpaired) electrons. The van der Waals surface area contributed by atoms with Gasteiger partial charge in [0.1, 0.15) is 0 Å². The number of hydrogen-bond donors (Lipinski definition) is 6. The molecule has 0 bridgehead atoms. The first-order valence-corrected chi connectivity index (χ1v) is 25.1. The van der Waals surface area contributed by atoms with E-state index in [-0.39, 0.29) is 30.9 Å². The summed E-state index contributed by atoms with van der Waals surface area (Å²) in [6.07, 6.45) is 3.63. The van der Waals surface area contributed by atoms with Gasteiger partial charge in [-0.05, 0) is 59.6 Å². The van der Waals surface area contributed by atoms with Gasteiger partial charge in [-0.3, -0.25) is 14.7 Å². The van der Waals surface area contributed by atoms with Crippen LogP contribution in [0.15, 0.2) is 182 Å². The van der Waals surface area contributed by atoms with Crippen LogP contribution >= 0.6 is 0 Å². The molecule has 4 heterocycles. The lowest BCUT2D eigenvalue weighted by atomic mass is 10.0. The summed E-state index contributed by atoms with van der Waals surface area (Å²) in [5.41, 5.74) is 13.1. The predicted molar refractivity (Wildman–Crippen MR) is 281 cm³/mol. The minimum absolute atomic E-state index is 0.137. The summed E-state index contributed by atoms with van der Waals surface area (Å²) in [4.78, 5) is 7.24. The molecule has 4 saturated heterocycles. The van der Waals surface area contributed by atoms with Crippen molar-refractivity contribution in [2.24, 2.45) is 5.73 Å².